The van der Waals surface area contributed by atoms with Gasteiger partial charge in [0.05, 0.1) is 11.5 Å². The summed E-state index contributed by atoms with van der Waals surface area (Å²) in [5, 5.41) is 10.8. The summed E-state index contributed by atoms with van der Waals surface area (Å²) in [6.07, 6.45) is 0. The molecule has 1 aromatic rings. The Bertz CT molecular complexity index is 440. The second kappa shape index (κ2) is 3.68. The number of hydrogen-bond acceptors (Lipinski definition) is 4. The van der Waals surface area contributed by atoms with Crippen molar-refractivity contribution in [3.8, 4) is 0 Å². The summed E-state index contributed by atoms with van der Waals surface area (Å²) in [5.74, 6) is 0.380. The van der Waals surface area contributed by atoms with E-state index >= 15 is 0 Å². The molecule has 0 aromatic heterocycles. The summed E-state index contributed by atoms with van der Waals surface area (Å²) in [6, 6.07) is 4.91. The normalized spacial score (nSPS) is 14.6. The van der Waals surface area contributed by atoms with Crippen molar-refractivity contribution >= 4 is 11.6 Å². The highest BCUT2D eigenvalue weighted by molar-refractivity contribution is 5.98. The Kier molecular flexibility index (Phi) is 2.37. The zero-order valence-electron chi connectivity index (χ0n) is 8.27. The second-order valence-corrected chi connectivity index (χ2v) is 3.31. The van der Waals surface area contributed by atoms with Gasteiger partial charge in [-0.15, -0.1) is 0 Å². The molecule has 5 heteroatoms. The third-order valence-corrected chi connectivity index (χ3v) is 2.16. The van der Waals surface area contributed by atoms with Gasteiger partial charge < -0.3 is 4.74 Å². The number of ether oxygens (including phenoxy) is 1. The van der Waals surface area contributed by atoms with E-state index in [0.29, 0.717) is 24.6 Å². The molecule has 5 nitrogen and oxygen atoms in total. The van der Waals surface area contributed by atoms with Crippen molar-refractivity contribution in [1.29, 1.82) is 0 Å². The molecule has 0 atom stereocenters. The molecule has 15 heavy (non-hydrogen) atoms. The van der Waals surface area contributed by atoms with Crippen LogP contribution in [-0.2, 0) is 4.74 Å². The molecule has 0 saturated carbocycles. The molecule has 1 aliphatic heterocycles. The molecule has 2 rings (SSSR count). The van der Waals surface area contributed by atoms with Crippen LogP contribution in [0.25, 0.3) is 0 Å². The monoisotopic (exact) mass is 206 g/mol. The average molecular weight is 206 g/mol. The van der Waals surface area contributed by atoms with Crippen molar-refractivity contribution in [2.75, 3.05) is 13.2 Å². The Labute approximate surface area is 86.5 Å². The summed E-state index contributed by atoms with van der Waals surface area (Å²) in [6.45, 7) is 2.95. The van der Waals surface area contributed by atoms with E-state index in [0.717, 1.165) is 5.56 Å². The highest BCUT2D eigenvalue weighted by Gasteiger charge is 2.21. The molecule has 0 amide bonds. The van der Waals surface area contributed by atoms with Gasteiger partial charge in [0.15, 0.2) is 0 Å². The Balaban J connectivity index is 2.51. The second-order valence-electron chi connectivity index (χ2n) is 3.31. The van der Waals surface area contributed by atoms with E-state index in [4.69, 9.17) is 4.74 Å². The van der Waals surface area contributed by atoms with Gasteiger partial charge in [-0.05, 0) is 18.6 Å². The molecule has 1 aliphatic rings. The highest BCUT2D eigenvalue weighted by Crippen LogP contribution is 2.22. The molecule has 0 aliphatic carbocycles. The predicted molar refractivity (Wildman–Crippen MR) is 55.2 cm³/mol. The highest BCUT2D eigenvalue weighted by atomic mass is 16.6. The van der Waals surface area contributed by atoms with Crippen LogP contribution in [0.5, 0.6) is 0 Å². The molecule has 1 heterocycles. The fourth-order valence-corrected chi connectivity index (χ4v) is 1.48. The number of benzene rings is 1. The maximum absolute atomic E-state index is 10.8. The predicted octanol–water partition coefficient (Wildman–Crippen LogP) is 1.68. The lowest BCUT2D eigenvalue weighted by Crippen LogP contribution is -2.05. The van der Waals surface area contributed by atoms with Gasteiger partial charge in [-0.3, -0.25) is 10.1 Å². The lowest BCUT2D eigenvalue weighted by Gasteiger charge is -2.03. The van der Waals surface area contributed by atoms with E-state index < -0.39 is 4.92 Å². The van der Waals surface area contributed by atoms with Gasteiger partial charge in [-0.1, -0.05) is 6.07 Å². The molecule has 0 spiro atoms. The van der Waals surface area contributed by atoms with E-state index in [1.54, 1.807) is 12.1 Å². The first-order chi connectivity index (χ1) is 7.18. The van der Waals surface area contributed by atoms with E-state index in [1.807, 2.05) is 6.92 Å². The molecular weight excluding hydrogens is 196 g/mol. The summed E-state index contributed by atoms with van der Waals surface area (Å²) in [7, 11) is 0. The Morgan fingerprint density at radius 3 is 2.93 bits per heavy atom. The quantitative estimate of drug-likeness (QED) is 0.546. The fourth-order valence-electron chi connectivity index (χ4n) is 1.48. The Morgan fingerprint density at radius 1 is 1.53 bits per heavy atom. The number of nitro benzene ring substituents is 1. The van der Waals surface area contributed by atoms with Crippen LogP contribution in [0.2, 0.25) is 0 Å². The largest absolute Gasteiger partial charge is 0.475 e. The van der Waals surface area contributed by atoms with Crippen LogP contribution in [0, 0.1) is 17.0 Å². The Hall–Kier alpha value is -1.91. The molecule has 0 radical (unpaired) electrons. The zero-order valence-corrected chi connectivity index (χ0v) is 8.27. The molecule has 1 aromatic carbocycles. The van der Waals surface area contributed by atoms with Gasteiger partial charge >= 0.3 is 0 Å². The number of aliphatic imine (C=N–C) groups is 1. The zero-order chi connectivity index (χ0) is 10.8. The molecule has 0 fully saturated rings. The van der Waals surface area contributed by atoms with Gasteiger partial charge in [-0.25, -0.2) is 4.99 Å². The van der Waals surface area contributed by atoms with Crippen LogP contribution < -0.4 is 0 Å². The van der Waals surface area contributed by atoms with E-state index in [9.17, 15) is 10.1 Å². The van der Waals surface area contributed by atoms with Crippen molar-refractivity contribution in [3.63, 3.8) is 0 Å². The average Bonchev–Trinajstić information content (AvgIpc) is 2.69. The van der Waals surface area contributed by atoms with Crippen LogP contribution >= 0.6 is 0 Å². The van der Waals surface area contributed by atoms with Gasteiger partial charge in [0.1, 0.15) is 12.2 Å². The minimum absolute atomic E-state index is 0.0428. The molecular formula is C10H10N2O3. The van der Waals surface area contributed by atoms with Gasteiger partial charge in [-0.2, -0.15) is 0 Å². The SMILES string of the molecule is Cc1ccc([N+](=O)[O-])c(C2=NCCO2)c1. The minimum Gasteiger partial charge on any atom is -0.475 e. The first-order valence-corrected chi connectivity index (χ1v) is 4.61. The number of nitro groups is 1. The third-order valence-electron chi connectivity index (χ3n) is 2.16. The molecule has 78 valence electrons. The lowest BCUT2D eigenvalue weighted by atomic mass is 10.1. The first-order valence-electron chi connectivity index (χ1n) is 4.61. The third kappa shape index (κ3) is 1.81. The smallest absolute Gasteiger partial charge is 0.282 e. The summed E-state index contributed by atoms with van der Waals surface area (Å²) in [4.78, 5) is 14.4. The topological polar surface area (TPSA) is 64.7 Å². The summed E-state index contributed by atoms with van der Waals surface area (Å²) < 4.78 is 5.23. The van der Waals surface area contributed by atoms with E-state index in [-0.39, 0.29) is 5.69 Å². The minimum atomic E-state index is -0.418. The van der Waals surface area contributed by atoms with Crippen molar-refractivity contribution in [1.82, 2.24) is 0 Å². The van der Waals surface area contributed by atoms with E-state index in [1.165, 1.54) is 6.07 Å². The standard InChI is InChI=1S/C10H10N2O3/c1-7-2-3-9(12(13)14)8(6-7)10-11-4-5-15-10/h2-3,6H,4-5H2,1H3. The van der Waals surface area contributed by atoms with Crippen LogP contribution in [-0.4, -0.2) is 24.0 Å². The maximum Gasteiger partial charge on any atom is 0.282 e. The van der Waals surface area contributed by atoms with E-state index in [2.05, 4.69) is 4.99 Å². The van der Waals surface area contributed by atoms with Crippen molar-refractivity contribution in [3.05, 3.63) is 39.4 Å². The number of aryl methyl sites for hydroxylation is 1. The van der Waals surface area contributed by atoms with Crippen LogP contribution in [0.3, 0.4) is 0 Å². The summed E-state index contributed by atoms with van der Waals surface area (Å²) in [5.41, 5.74) is 1.47. The molecule has 0 unspecified atom stereocenters. The van der Waals surface area contributed by atoms with Crippen LogP contribution in [0.1, 0.15) is 11.1 Å². The van der Waals surface area contributed by atoms with Crippen molar-refractivity contribution in [2.24, 2.45) is 4.99 Å². The van der Waals surface area contributed by atoms with Crippen molar-refractivity contribution in [2.45, 2.75) is 6.92 Å². The van der Waals surface area contributed by atoms with Crippen molar-refractivity contribution < 1.29 is 9.66 Å². The van der Waals surface area contributed by atoms with Crippen LogP contribution in [0.15, 0.2) is 23.2 Å². The molecule has 0 saturated heterocycles. The van der Waals surface area contributed by atoms with Gasteiger partial charge in [0.2, 0.25) is 5.90 Å². The van der Waals surface area contributed by atoms with Gasteiger partial charge in [0.25, 0.3) is 5.69 Å². The van der Waals surface area contributed by atoms with Gasteiger partial charge in [0, 0.05) is 6.07 Å². The number of nitrogens with zero attached hydrogens (tertiary/aromatic N) is 2. The maximum atomic E-state index is 10.8. The molecule has 0 N–H and O–H groups in total. The lowest BCUT2D eigenvalue weighted by molar-refractivity contribution is -0.385. The summed E-state index contributed by atoms with van der Waals surface area (Å²) >= 11 is 0. The fraction of sp³-hybridized carbons (Fsp3) is 0.300. The molecule has 0 bridgehead atoms. The number of rotatable bonds is 2. The first kappa shape index (κ1) is 9.64. The number of hydrogen-bond donors (Lipinski definition) is 0. The van der Waals surface area contributed by atoms with Crippen LogP contribution in [0.4, 0.5) is 5.69 Å². The Morgan fingerprint density at radius 2 is 2.33 bits per heavy atom.